The van der Waals surface area contributed by atoms with Crippen LogP contribution in [-0.2, 0) is 6.54 Å². The molecule has 1 unspecified atom stereocenters. The molecule has 4 rings (SSSR count). The van der Waals surface area contributed by atoms with Gasteiger partial charge in [-0.2, -0.15) is 0 Å². The molecule has 1 aromatic heterocycles. The molecule has 6 heteroatoms. The van der Waals surface area contributed by atoms with Gasteiger partial charge in [0, 0.05) is 12.2 Å². The zero-order valence-electron chi connectivity index (χ0n) is 21.5. The van der Waals surface area contributed by atoms with Crippen LogP contribution in [-0.4, -0.2) is 27.0 Å². The zero-order valence-corrected chi connectivity index (χ0v) is 21.5. The molecule has 3 aromatic carbocycles. The number of unbranched alkanes of at least 4 members (excludes halogenated alkanes) is 1. The van der Waals surface area contributed by atoms with Gasteiger partial charge in [-0.3, -0.25) is 9.36 Å². The molecule has 1 heterocycles. The van der Waals surface area contributed by atoms with Gasteiger partial charge in [-0.1, -0.05) is 74.0 Å². The van der Waals surface area contributed by atoms with E-state index in [0.717, 1.165) is 35.2 Å². The van der Waals surface area contributed by atoms with E-state index in [9.17, 15) is 9.59 Å². The second kappa shape index (κ2) is 11.2. The van der Waals surface area contributed by atoms with E-state index in [-0.39, 0.29) is 11.6 Å². The third-order valence-corrected chi connectivity index (χ3v) is 6.64. The van der Waals surface area contributed by atoms with Crippen LogP contribution < -0.4 is 10.9 Å². The first kappa shape index (κ1) is 25.2. The first-order chi connectivity index (χ1) is 17.4. The summed E-state index contributed by atoms with van der Waals surface area (Å²) in [6.07, 6.45) is 1.79. The third-order valence-electron chi connectivity index (χ3n) is 6.64. The summed E-state index contributed by atoms with van der Waals surface area (Å²) in [6, 6.07) is 22.6. The number of hydrogen-bond acceptors (Lipinski definition) is 3. The van der Waals surface area contributed by atoms with Crippen LogP contribution >= 0.6 is 0 Å². The quantitative estimate of drug-likeness (QED) is 0.313. The smallest absolute Gasteiger partial charge is 0.315 e. The number of hydrogen-bond donors (Lipinski definition) is 1. The molecule has 36 heavy (non-hydrogen) atoms. The monoisotopic (exact) mass is 482 g/mol. The van der Waals surface area contributed by atoms with Gasteiger partial charge in [0.05, 0.1) is 23.5 Å². The van der Waals surface area contributed by atoms with Gasteiger partial charge in [0.2, 0.25) is 0 Å². The van der Waals surface area contributed by atoms with Crippen molar-refractivity contribution < 1.29 is 4.79 Å². The largest absolute Gasteiger partial charge is 0.322 e. The number of urea groups is 1. The van der Waals surface area contributed by atoms with Crippen molar-refractivity contribution in [3.63, 3.8) is 0 Å². The first-order valence-electron chi connectivity index (χ1n) is 12.6. The number of amides is 2. The predicted octanol–water partition coefficient (Wildman–Crippen LogP) is 6.46. The van der Waals surface area contributed by atoms with Crippen LogP contribution in [0.25, 0.3) is 10.9 Å². The topological polar surface area (TPSA) is 67.2 Å². The van der Waals surface area contributed by atoms with Crippen molar-refractivity contribution in [2.45, 2.75) is 53.1 Å². The van der Waals surface area contributed by atoms with Crippen LogP contribution in [0.15, 0.2) is 77.6 Å². The van der Waals surface area contributed by atoms with Crippen LogP contribution in [0.1, 0.15) is 55.2 Å². The van der Waals surface area contributed by atoms with Crippen molar-refractivity contribution in [1.82, 2.24) is 14.5 Å². The Labute approximate surface area is 212 Å². The minimum absolute atomic E-state index is 0.100. The minimum atomic E-state index is -0.415. The first-order valence-corrected chi connectivity index (χ1v) is 12.6. The van der Waals surface area contributed by atoms with Crippen LogP contribution in [0.2, 0.25) is 0 Å². The average molecular weight is 483 g/mol. The lowest BCUT2D eigenvalue weighted by Gasteiger charge is -2.31. The van der Waals surface area contributed by atoms with Gasteiger partial charge in [-0.25, -0.2) is 9.78 Å². The molecule has 0 aliphatic carbocycles. The van der Waals surface area contributed by atoms with Gasteiger partial charge >= 0.3 is 6.03 Å². The lowest BCUT2D eigenvalue weighted by atomic mass is 10.1. The fourth-order valence-electron chi connectivity index (χ4n) is 4.55. The van der Waals surface area contributed by atoms with E-state index >= 15 is 0 Å². The highest BCUT2D eigenvalue weighted by molar-refractivity contribution is 5.91. The summed E-state index contributed by atoms with van der Waals surface area (Å²) < 4.78 is 1.72. The molecule has 4 aromatic rings. The van der Waals surface area contributed by atoms with Crippen LogP contribution in [0, 0.1) is 13.8 Å². The van der Waals surface area contributed by atoms with Crippen molar-refractivity contribution in [1.29, 1.82) is 0 Å². The number of aryl methyl sites for hydroxylation is 2. The maximum absolute atomic E-state index is 13.7. The van der Waals surface area contributed by atoms with Crippen LogP contribution in [0.3, 0.4) is 0 Å². The molecule has 0 spiro atoms. The molecule has 0 radical (unpaired) electrons. The molecule has 1 N–H and O–H groups in total. The van der Waals surface area contributed by atoms with Crippen molar-refractivity contribution >= 4 is 22.6 Å². The molecule has 0 aliphatic rings. The Bertz CT molecular complexity index is 1390. The van der Waals surface area contributed by atoms with Crippen molar-refractivity contribution in [3.8, 4) is 0 Å². The number of fused-ring (bicyclic) bond motifs is 1. The highest BCUT2D eigenvalue weighted by Crippen LogP contribution is 2.25. The summed E-state index contributed by atoms with van der Waals surface area (Å²) in [6.45, 7) is 8.99. The van der Waals surface area contributed by atoms with Gasteiger partial charge in [-0.05, 0) is 56.0 Å². The van der Waals surface area contributed by atoms with E-state index in [1.54, 1.807) is 9.47 Å². The average Bonchev–Trinajstić information content (AvgIpc) is 2.88. The molecule has 0 aliphatic heterocycles. The van der Waals surface area contributed by atoms with Gasteiger partial charge in [0.15, 0.2) is 0 Å². The molecule has 186 valence electrons. The maximum atomic E-state index is 13.7. The fraction of sp³-hybridized carbons (Fsp3) is 0.300. The van der Waals surface area contributed by atoms with Crippen LogP contribution in [0.5, 0.6) is 0 Å². The molecule has 0 saturated heterocycles. The van der Waals surface area contributed by atoms with Crippen molar-refractivity contribution in [3.05, 3.63) is 106 Å². The van der Waals surface area contributed by atoms with Gasteiger partial charge in [0.25, 0.3) is 5.56 Å². The molecule has 0 saturated carbocycles. The summed E-state index contributed by atoms with van der Waals surface area (Å²) in [4.78, 5) is 34.0. The zero-order chi connectivity index (χ0) is 25.7. The number of rotatable bonds is 8. The van der Waals surface area contributed by atoms with Gasteiger partial charge in [-0.15, -0.1) is 0 Å². The number of para-hydroxylation sites is 2. The molecule has 6 nitrogen and oxygen atoms in total. The molecule has 0 bridgehead atoms. The van der Waals surface area contributed by atoms with Crippen molar-refractivity contribution in [2.24, 2.45) is 0 Å². The Morgan fingerprint density at radius 2 is 1.64 bits per heavy atom. The summed E-state index contributed by atoms with van der Waals surface area (Å²) in [5, 5.41) is 3.70. The predicted molar refractivity (Wildman–Crippen MR) is 147 cm³/mol. The summed E-state index contributed by atoms with van der Waals surface area (Å²) >= 11 is 0. The Kier molecular flexibility index (Phi) is 7.84. The van der Waals surface area contributed by atoms with E-state index in [1.807, 2.05) is 93.6 Å². The van der Waals surface area contributed by atoms with E-state index in [2.05, 4.69) is 12.2 Å². The summed E-state index contributed by atoms with van der Waals surface area (Å²) in [7, 11) is 0. The lowest BCUT2D eigenvalue weighted by molar-refractivity contribution is 0.187. The number of nitrogens with one attached hydrogen (secondary N) is 1. The highest BCUT2D eigenvalue weighted by atomic mass is 16.2. The van der Waals surface area contributed by atoms with Crippen LogP contribution in [0.4, 0.5) is 10.5 Å². The normalized spacial score (nSPS) is 11.9. The Balaban J connectivity index is 1.78. The molecular weight excluding hydrogens is 448 g/mol. The van der Waals surface area contributed by atoms with E-state index in [1.165, 1.54) is 0 Å². The summed E-state index contributed by atoms with van der Waals surface area (Å²) in [5.41, 5.74) is 4.39. The number of nitrogens with zero attached hydrogens (tertiary/aromatic N) is 3. The van der Waals surface area contributed by atoms with Gasteiger partial charge in [0.1, 0.15) is 5.82 Å². The third kappa shape index (κ3) is 5.33. The number of aromatic nitrogens is 2. The summed E-state index contributed by atoms with van der Waals surface area (Å²) in [5.74, 6) is 0.579. The second-order valence-electron chi connectivity index (χ2n) is 9.28. The Morgan fingerprint density at radius 3 is 2.33 bits per heavy atom. The lowest BCUT2D eigenvalue weighted by Crippen LogP contribution is -2.41. The minimum Gasteiger partial charge on any atom is -0.315 e. The standard InChI is InChI=1S/C30H34N4O2/c1-5-6-19-33(30(36)32-27-21(2)13-12-14-22(27)3)23(4)28-31-26-18-11-10-17-25(26)29(35)34(28)20-24-15-8-7-9-16-24/h7-18,23H,5-6,19-20H2,1-4H3,(H,32,36). The number of carbonyl (C=O) groups excluding carboxylic acids is 1. The molecule has 2 amide bonds. The Hall–Kier alpha value is -3.93. The maximum Gasteiger partial charge on any atom is 0.322 e. The molecule has 1 atom stereocenters. The van der Waals surface area contributed by atoms with E-state index in [4.69, 9.17) is 4.98 Å². The number of anilines is 1. The number of benzene rings is 3. The Morgan fingerprint density at radius 1 is 0.972 bits per heavy atom. The highest BCUT2D eigenvalue weighted by Gasteiger charge is 2.26. The van der Waals surface area contributed by atoms with E-state index < -0.39 is 6.04 Å². The molecular formula is C30H34N4O2. The van der Waals surface area contributed by atoms with Crippen molar-refractivity contribution in [2.75, 3.05) is 11.9 Å². The van der Waals surface area contributed by atoms with E-state index in [0.29, 0.717) is 29.8 Å². The van der Waals surface area contributed by atoms with Gasteiger partial charge < -0.3 is 10.2 Å². The second-order valence-corrected chi connectivity index (χ2v) is 9.28. The molecule has 0 fully saturated rings. The fourth-order valence-corrected chi connectivity index (χ4v) is 4.55. The number of carbonyl (C=O) groups is 1. The SMILES string of the molecule is CCCCN(C(=O)Nc1c(C)cccc1C)C(C)c1nc2ccccc2c(=O)n1Cc1ccccc1.